The number of carbonyl (C=O) groups is 2. The number of hydrogen-bond acceptors (Lipinski definition) is 4. The van der Waals surface area contributed by atoms with Crippen LogP contribution in [0, 0.1) is 6.92 Å². The van der Waals surface area contributed by atoms with Crippen molar-refractivity contribution in [3.05, 3.63) is 78.4 Å². The maximum Gasteiger partial charge on any atom is 0.106 e. The molecule has 0 radical (unpaired) electrons. The van der Waals surface area contributed by atoms with Crippen LogP contribution in [-0.2, 0) is 9.59 Å². The van der Waals surface area contributed by atoms with Crippen molar-refractivity contribution in [3.63, 3.8) is 0 Å². The smallest absolute Gasteiger partial charge is 0.106 e. The first kappa shape index (κ1) is 21.7. The molecule has 0 aliphatic heterocycles. The fourth-order valence-electron chi connectivity index (χ4n) is 2.95. The first-order valence-electron chi connectivity index (χ1n) is 8.20. The van der Waals surface area contributed by atoms with Crippen molar-refractivity contribution in [1.82, 2.24) is 4.98 Å². The van der Waals surface area contributed by atoms with Gasteiger partial charge in [0.1, 0.15) is 13.6 Å². The van der Waals surface area contributed by atoms with Gasteiger partial charge in [0.05, 0.1) is 11.2 Å². The molecular formula is C23H23NO3. The number of nitrogens with zero attached hydrogens (tertiary/aromatic N) is 1. The fraction of sp³-hybridized carbons (Fsp3) is 0.0870. The van der Waals surface area contributed by atoms with E-state index in [-0.39, 0.29) is 0 Å². The molecule has 0 saturated heterocycles. The van der Waals surface area contributed by atoms with Gasteiger partial charge in [-0.15, -0.1) is 0 Å². The average Bonchev–Trinajstić information content (AvgIpc) is 2.78. The van der Waals surface area contributed by atoms with Crippen molar-refractivity contribution in [2.75, 3.05) is 7.11 Å². The molecule has 138 valence electrons. The second kappa shape index (κ2) is 11.3. The Hall–Kier alpha value is -3.37. The van der Waals surface area contributed by atoms with Crippen molar-refractivity contribution < 1.29 is 14.7 Å². The number of pyridine rings is 1. The summed E-state index contributed by atoms with van der Waals surface area (Å²) in [6.07, 6.45) is 0. The summed E-state index contributed by atoms with van der Waals surface area (Å²) >= 11 is 0. The van der Waals surface area contributed by atoms with Gasteiger partial charge in [-0.2, -0.15) is 0 Å². The zero-order valence-corrected chi connectivity index (χ0v) is 15.6. The molecule has 27 heavy (non-hydrogen) atoms. The molecule has 0 fully saturated rings. The third kappa shape index (κ3) is 4.63. The average molecular weight is 361 g/mol. The van der Waals surface area contributed by atoms with E-state index >= 15 is 0 Å². The molecule has 1 aromatic heterocycles. The van der Waals surface area contributed by atoms with Gasteiger partial charge in [0.25, 0.3) is 0 Å². The normalized spacial score (nSPS) is 9.15. The Balaban J connectivity index is 0.000000556. The predicted octanol–water partition coefficient (Wildman–Crippen LogP) is 4.60. The molecule has 0 aliphatic carbocycles. The molecule has 0 spiro atoms. The highest BCUT2D eigenvalue weighted by atomic mass is 16.2. The summed E-state index contributed by atoms with van der Waals surface area (Å²) in [7, 11) is 1.00. The molecule has 0 atom stereocenters. The van der Waals surface area contributed by atoms with E-state index in [0.29, 0.717) is 0 Å². The Bertz CT molecular complexity index is 997. The van der Waals surface area contributed by atoms with Gasteiger partial charge in [0, 0.05) is 23.4 Å². The summed E-state index contributed by atoms with van der Waals surface area (Å²) < 4.78 is 0. The van der Waals surface area contributed by atoms with Gasteiger partial charge in [0.2, 0.25) is 0 Å². The van der Waals surface area contributed by atoms with E-state index in [0.717, 1.165) is 18.3 Å². The molecule has 0 saturated carbocycles. The molecule has 0 unspecified atom stereocenters. The summed E-state index contributed by atoms with van der Waals surface area (Å²) in [5.74, 6) is 0. The zero-order chi connectivity index (χ0) is 20.2. The SMILES string of the molecule is C=O.C=O.CO.Cc1ccccc1-c1nc2ccccc2c2ccccc12. The fourth-order valence-corrected chi connectivity index (χ4v) is 2.95. The lowest BCUT2D eigenvalue weighted by molar-refractivity contribution is -0.0987. The topological polar surface area (TPSA) is 67.3 Å². The number of aliphatic hydroxyl groups is 1. The molecular weight excluding hydrogens is 338 g/mol. The standard InChI is InChI=1S/C20H15N.CH4O.2CH2O/c1-14-8-2-3-9-15(14)20-18-12-5-4-10-16(18)17-11-6-7-13-19(17)21-20;3*1-2/h2-13H,1H3;2H,1H3;2*1H2. The minimum Gasteiger partial charge on any atom is -0.400 e. The molecule has 4 rings (SSSR count). The molecule has 4 aromatic rings. The highest BCUT2D eigenvalue weighted by Gasteiger charge is 2.10. The van der Waals surface area contributed by atoms with Crippen molar-refractivity contribution in [1.29, 1.82) is 0 Å². The van der Waals surface area contributed by atoms with Crippen molar-refractivity contribution in [2.24, 2.45) is 0 Å². The third-order valence-corrected chi connectivity index (χ3v) is 4.01. The molecule has 0 aliphatic rings. The van der Waals surface area contributed by atoms with E-state index in [1.807, 2.05) is 19.6 Å². The number of benzene rings is 3. The van der Waals surface area contributed by atoms with E-state index in [1.165, 1.54) is 27.3 Å². The van der Waals surface area contributed by atoms with Crippen LogP contribution in [0.1, 0.15) is 5.56 Å². The van der Waals surface area contributed by atoms with Crippen LogP contribution >= 0.6 is 0 Å². The lowest BCUT2D eigenvalue weighted by Crippen LogP contribution is -1.91. The van der Waals surface area contributed by atoms with Crippen LogP contribution in [0.5, 0.6) is 0 Å². The van der Waals surface area contributed by atoms with Gasteiger partial charge in [-0.25, -0.2) is 4.98 Å². The minimum absolute atomic E-state index is 1.00. The lowest BCUT2D eigenvalue weighted by atomic mass is 9.98. The number of hydrogen-bond donors (Lipinski definition) is 1. The highest BCUT2D eigenvalue weighted by Crippen LogP contribution is 2.33. The van der Waals surface area contributed by atoms with Crippen molar-refractivity contribution in [3.8, 4) is 11.3 Å². The number of para-hydroxylation sites is 1. The molecule has 1 N–H and O–H groups in total. The summed E-state index contributed by atoms with van der Waals surface area (Å²) in [5, 5.41) is 10.7. The van der Waals surface area contributed by atoms with Crippen LogP contribution in [0.3, 0.4) is 0 Å². The number of rotatable bonds is 1. The molecule has 4 nitrogen and oxygen atoms in total. The number of aryl methyl sites for hydroxylation is 1. The second-order valence-electron chi connectivity index (χ2n) is 5.34. The maximum absolute atomic E-state index is 8.00. The van der Waals surface area contributed by atoms with Gasteiger partial charge < -0.3 is 14.7 Å². The van der Waals surface area contributed by atoms with Crippen LogP contribution in [0.15, 0.2) is 72.8 Å². The summed E-state index contributed by atoms with van der Waals surface area (Å²) in [4.78, 5) is 20.9. The number of aromatic nitrogens is 1. The maximum atomic E-state index is 8.00. The van der Waals surface area contributed by atoms with Crippen molar-refractivity contribution in [2.45, 2.75) is 6.92 Å². The van der Waals surface area contributed by atoms with Gasteiger partial charge >= 0.3 is 0 Å². The Morgan fingerprint density at radius 1 is 0.667 bits per heavy atom. The molecule has 0 bridgehead atoms. The predicted molar refractivity (Wildman–Crippen MR) is 112 cm³/mol. The quantitative estimate of drug-likeness (QED) is 0.503. The monoisotopic (exact) mass is 361 g/mol. The van der Waals surface area contributed by atoms with E-state index in [9.17, 15) is 0 Å². The third-order valence-electron chi connectivity index (χ3n) is 4.01. The van der Waals surface area contributed by atoms with Crippen LogP contribution < -0.4 is 0 Å². The number of aliphatic hydroxyl groups excluding tert-OH is 1. The van der Waals surface area contributed by atoms with E-state index in [4.69, 9.17) is 19.7 Å². The molecule has 1 heterocycles. The summed E-state index contributed by atoms with van der Waals surface area (Å²) in [6.45, 7) is 6.14. The molecule has 3 aromatic carbocycles. The van der Waals surface area contributed by atoms with E-state index < -0.39 is 0 Å². The first-order valence-corrected chi connectivity index (χ1v) is 8.20. The first-order chi connectivity index (χ1) is 13.3. The van der Waals surface area contributed by atoms with Gasteiger partial charge in [-0.1, -0.05) is 66.7 Å². The molecule has 0 amide bonds. The van der Waals surface area contributed by atoms with E-state index in [2.05, 4.69) is 73.7 Å². The highest BCUT2D eigenvalue weighted by molar-refractivity contribution is 6.10. The Morgan fingerprint density at radius 2 is 1.15 bits per heavy atom. The summed E-state index contributed by atoms with van der Waals surface area (Å²) in [6, 6.07) is 25.3. The summed E-state index contributed by atoms with van der Waals surface area (Å²) in [5.41, 5.74) is 4.58. The minimum atomic E-state index is 1.00. The van der Waals surface area contributed by atoms with Gasteiger partial charge in [0.15, 0.2) is 0 Å². The molecule has 4 heteroatoms. The largest absolute Gasteiger partial charge is 0.400 e. The second-order valence-corrected chi connectivity index (χ2v) is 5.34. The Morgan fingerprint density at radius 3 is 1.78 bits per heavy atom. The Labute approximate surface area is 159 Å². The zero-order valence-electron chi connectivity index (χ0n) is 15.6. The van der Waals surface area contributed by atoms with Gasteiger partial charge in [-0.3, -0.25) is 0 Å². The van der Waals surface area contributed by atoms with E-state index in [1.54, 1.807) is 0 Å². The number of carbonyl (C=O) groups excluding carboxylic acids is 2. The van der Waals surface area contributed by atoms with Crippen LogP contribution in [0.25, 0.3) is 32.9 Å². The van der Waals surface area contributed by atoms with Crippen LogP contribution in [0.4, 0.5) is 0 Å². The van der Waals surface area contributed by atoms with Crippen molar-refractivity contribution >= 4 is 35.3 Å². The Kier molecular flexibility index (Phi) is 9.06. The van der Waals surface area contributed by atoms with Crippen LogP contribution in [0.2, 0.25) is 0 Å². The lowest BCUT2D eigenvalue weighted by Gasteiger charge is -2.11. The number of fused-ring (bicyclic) bond motifs is 3. The van der Waals surface area contributed by atoms with Gasteiger partial charge in [-0.05, 0) is 23.9 Å². The van der Waals surface area contributed by atoms with Crippen LogP contribution in [-0.4, -0.2) is 30.8 Å².